The van der Waals surface area contributed by atoms with Crippen molar-refractivity contribution in [2.24, 2.45) is 0 Å². The highest BCUT2D eigenvalue weighted by molar-refractivity contribution is 7.17. The molecule has 5 rings (SSSR count). The van der Waals surface area contributed by atoms with E-state index in [1.807, 2.05) is 18.2 Å². The second kappa shape index (κ2) is 10.2. The van der Waals surface area contributed by atoms with Gasteiger partial charge in [0.25, 0.3) is 5.56 Å². The molecule has 2 aromatic carbocycles. The summed E-state index contributed by atoms with van der Waals surface area (Å²) >= 11 is 1.22. The van der Waals surface area contributed by atoms with Gasteiger partial charge < -0.3 is 14.8 Å². The summed E-state index contributed by atoms with van der Waals surface area (Å²) in [6, 6.07) is 15.8. The molecule has 1 aliphatic rings. The Hall–Kier alpha value is -4.18. The van der Waals surface area contributed by atoms with E-state index in [1.54, 1.807) is 41.8 Å². The first kappa shape index (κ1) is 23.6. The lowest BCUT2D eigenvalue weighted by molar-refractivity contribution is -0.121. The molecule has 1 N–H and O–H groups in total. The van der Waals surface area contributed by atoms with Crippen LogP contribution in [0, 0.1) is 0 Å². The van der Waals surface area contributed by atoms with Gasteiger partial charge in [-0.05, 0) is 35.6 Å². The van der Waals surface area contributed by atoms with Gasteiger partial charge >= 0.3 is 5.69 Å². The lowest BCUT2D eigenvalue weighted by atomic mass is 10.1. The van der Waals surface area contributed by atoms with Crippen molar-refractivity contribution in [3.8, 4) is 11.5 Å². The molecule has 3 heterocycles. The Bertz CT molecular complexity index is 1550. The molecule has 0 saturated heterocycles. The minimum Gasteiger partial charge on any atom is -0.454 e. The van der Waals surface area contributed by atoms with Crippen molar-refractivity contribution in [1.29, 1.82) is 0 Å². The number of Topliss-reactive ketones (excluding diaryl/α,β-unsaturated/α-hetero) is 1. The van der Waals surface area contributed by atoms with Crippen LogP contribution in [0.5, 0.6) is 11.5 Å². The van der Waals surface area contributed by atoms with Crippen molar-refractivity contribution in [1.82, 2.24) is 14.5 Å². The standard InChI is InChI=1S/C26H23N3O6S/c30-20(18-5-2-1-3-6-18)15-29-19-10-12-36-24(19)25(32)28(26(29)33)11-4-7-23(31)27-14-17-8-9-21-22(13-17)35-16-34-21/h1-3,5-6,8-10,12-13H,4,7,11,14-16H2,(H,27,31). The smallest absolute Gasteiger partial charge is 0.331 e. The van der Waals surface area contributed by atoms with Crippen LogP contribution in [0.2, 0.25) is 0 Å². The molecule has 0 aliphatic carbocycles. The highest BCUT2D eigenvalue weighted by Gasteiger charge is 2.18. The summed E-state index contributed by atoms with van der Waals surface area (Å²) in [5, 5.41) is 4.56. The third-order valence-electron chi connectivity index (χ3n) is 5.95. The van der Waals surface area contributed by atoms with Crippen LogP contribution in [0.1, 0.15) is 28.8 Å². The zero-order chi connectivity index (χ0) is 25.1. The van der Waals surface area contributed by atoms with Gasteiger partial charge in [-0.1, -0.05) is 36.4 Å². The zero-order valence-electron chi connectivity index (χ0n) is 19.3. The van der Waals surface area contributed by atoms with E-state index < -0.39 is 11.2 Å². The first-order valence-corrected chi connectivity index (χ1v) is 12.3. The maximum atomic E-state index is 13.2. The summed E-state index contributed by atoms with van der Waals surface area (Å²) in [7, 11) is 0. The fraction of sp³-hybridized carbons (Fsp3) is 0.231. The molecule has 184 valence electrons. The molecule has 0 spiro atoms. The van der Waals surface area contributed by atoms with Crippen LogP contribution in [0.15, 0.2) is 69.6 Å². The van der Waals surface area contributed by atoms with Gasteiger partial charge in [-0.15, -0.1) is 11.3 Å². The Labute approximate surface area is 209 Å². The van der Waals surface area contributed by atoms with Crippen LogP contribution in [0.3, 0.4) is 0 Å². The third kappa shape index (κ3) is 4.80. The number of benzene rings is 2. The van der Waals surface area contributed by atoms with E-state index in [9.17, 15) is 19.2 Å². The predicted octanol–water partition coefficient (Wildman–Crippen LogP) is 2.93. The highest BCUT2D eigenvalue weighted by Crippen LogP contribution is 2.32. The average Bonchev–Trinajstić information content (AvgIpc) is 3.57. The molecule has 10 heteroatoms. The largest absolute Gasteiger partial charge is 0.454 e. The minimum atomic E-state index is -0.559. The monoisotopic (exact) mass is 505 g/mol. The lowest BCUT2D eigenvalue weighted by Gasteiger charge is -2.12. The van der Waals surface area contributed by atoms with Crippen LogP contribution < -0.4 is 26.0 Å². The van der Waals surface area contributed by atoms with Gasteiger partial charge in [0.1, 0.15) is 4.70 Å². The second-order valence-corrected chi connectivity index (χ2v) is 9.23. The molecule has 0 saturated carbocycles. The van der Waals surface area contributed by atoms with Crippen LogP contribution in [-0.4, -0.2) is 27.6 Å². The molecular weight excluding hydrogens is 482 g/mol. The van der Waals surface area contributed by atoms with Crippen molar-refractivity contribution in [2.75, 3.05) is 6.79 Å². The fourth-order valence-electron chi connectivity index (χ4n) is 4.08. The van der Waals surface area contributed by atoms with Gasteiger partial charge in [0, 0.05) is 25.1 Å². The minimum absolute atomic E-state index is 0.0719. The second-order valence-electron chi connectivity index (χ2n) is 8.32. The number of hydrogen-bond donors (Lipinski definition) is 1. The maximum Gasteiger partial charge on any atom is 0.331 e. The van der Waals surface area contributed by atoms with Gasteiger partial charge in [-0.3, -0.25) is 23.5 Å². The van der Waals surface area contributed by atoms with Crippen molar-refractivity contribution in [3.05, 3.63) is 91.9 Å². The Morgan fingerprint density at radius 2 is 1.78 bits per heavy atom. The number of ether oxygens (including phenoxy) is 2. The highest BCUT2D eigenvalue weighted by atomic mass is 32.1. The van der Waals surface area contributed by atoms with Gasteiger partial charge in [-0.2, -0.15) is 0 Å². The summed E-state index contributed by atoms with van der Waals surface area (Å²) in [4.78, 5) is 51.3. The molecule has 0 radical (unpaired) electrons. The van der Waals surface area contributed by atoms with Gasteiger partial charge in [0.05, 0.1) is 12.1 Å². The molecule has 1 aliphatic heterocycles. The number of nitrogens with zero attached hydrogens (tertiary/aromatic N) is 2. The summed E-state index contributed by atoms with van der Waals surface area (Å²) in [6.45, 7) is 0.406. The molecule has 36 heavy (non-hydrogen) atoms. The number of carbonyl (C=O) groups is 2. The molecule has 9 nitrogen and oxygen atoms in total. The fourth-order valence-corrected chi connectivity index (χ4v) is 4.92. The van der Waals surface area contributed by atoms with E-state index in [1.165, 1.54) is 15.9 Å². The van der Waals surface area contributed by atoms with Crippen molar-refractivity contribution >= 4 is 33.2 Å². The van der Waals surface area contributed by atoms with Crippen molar-refractivity contribution < 1.29 is 19.1 Å². The van der Waals surface area contributed by atoms with E-state index in [0.29, 0.717) is 40.2 Å². The molecular formula is C26H23N3O6S. The number of hydrogen-bond acceptors (Lipinski definition) is 7. The number of aromatic nitrogens is 2. The van der Waals surface area contributed by atoms with E-state index in [2.05, 4.69) is 5.32 Å². The summed E-state index contributed by atoms with van der Waals surface area (Å²) in [6.07, 6.45) is 0.438. The SMILES string of the molecule is O=C(CCCn1c(=O)c2sccc2n(CC(=O)c2ccccc2)c1=O)NCc1ccc2c(c1)OCO2. The molecule has 0 unspecified atom stereocenters. The maximum absolute atomic E-state index is 13.2. The number of amides is 1. The number of ketones is 1. The quantitative estimate of drug-likeness (QED) is 0.351. The van der Waals surface area contributed by atoms with E-state index in [-0.39, 0.29) is 38.0 Å². The Kier molecular flexibility index (Phi) is 6.68. The Balaban J connectivity index is 1.25. The number of carbonyl (C=O) groups excluding carboxylic acids is 2. The molecule has 2 aromatic heterocycles. The van der Waals surface area contributed by atoms with E-state index >= 15 is 0 Å². The Morgan fingerprint density at radius 3 is 2.61 bits per heavy atom. The number of fused-ring (bicyclic) bond motifs is 2. The van der Waals surface area contributed by atoms with Crippen molar-refractivity contribution in [3.63, 3.8) is 0 Å². The third-order valence-corrected chi connectivity index (χ3v) is 6.84. The van der Waals surface area contributed by atoms with E-state index in [4.69, 9.17) is 9.47 Å². The number of nitrogens with one attached hydrogen (secondary N) is 1. The lowest BCUT2D eigenvalue weighted by Crippen LogP contribution is -2.41. The predicted molar refractivity (Wildman–Crippen MR) is 135 cm³/mol. The number of thiophene rings is 1. The first-order chi connectivity index (χ1) is 17.5. The topological polar surface area (TPSA) is 109 Å². The van der Waals surface area contributed by atoms with Crippen molar-refractivity contribution in [2.45, 2.75) is 32.5 Å². The van der Waals surface area contributed by atoms with Gasteiger partial charge in [0.15, 0.2) is 17.3 Å². The Morgan fingerprint density at radius 1 is 0.972 bits per heavy atom. The van der Waals surface area contributed by atoms with Crippen LogP contribution >= 0.6 is 11.3 Å². The first-order valence-electron chi connectivity index (χ1n) is 11.5. The van der Waals surface area contributed by atoms with Crippen LogP contribution in [-0.2, 0) is 24.4 Å². The molecule has 0 fully saturated rings. The van der Waals surface area contributed by atoms with Crippen LogP contribution in [0.25, 0.3) is 10.2 Å². The average molecular weight is 506 g/mol. The summed E-state index contributed by atoms with van der Waals surface area (Å²) in [5.74, 6) is 0.900. The van der Waals surface area contributed by atoms with Gasteiger partial charge in [0.2, 0.25) is 12.7 Å². The van der Waals surface area contributed by atoms with Crippen LogP contribution in [0.4, 0.5) is 0 Å². The molecule has 0 bridgehead atoms. The zero-order valence-corrected chi connectivity index (χ0v) is 20.1. The molecule has 4 aromatic rings. The van der Waals surface area contributed by atoms with E-state index in [0.717, 1.165) is 10.1 Å². The summed E-state index contributed by atoms with van der Waals surface area (Å²) in [5.41, 5.74) is 0.838. The molecule has 0 atom stereocenters. The molecule has 1 amide bonds. The van der Waals surface area contributed by atoms with Gasteiger partial charge in [-0.25, -0.2) is 4.79 Å². The summed E-state index contributed by atoms with van der Waals surface area (Å²) < 4.78 is 13.5. The number of rotatable bonds is 9. The normalized spacial score (nSPS) is 12.1.